The predicted molar refractivity (Wildman–Crippen MR) is 60.2 cm³/mol. The van der Waals surface area contributed by atoms with Crippen LogP contribution in [0.3, 0.4) is 0 Å². The van der Waals surface area contributed by atoms with Crippen molar-refractivity contribution in [1.82, 2.24) is 4.98 Å². The van der Waals surface area contributed by atoms with Crippen LogP contribution in [-0.2, 0) is 0 Å². The topological polar surface area (TPSA) is 54.4 Å². The Labute approximate surface area is 90.3 Å². The third kappa shape index (κ3) is 4.65. The number of aromatic nitrogens is 1. The molecule has 15 heavy (non-hydrogen) atoms. The smallest absolute Gasteiger partial charge is 0.213 e. The van der Waals surface area contributed by atoms with E-state index < -0.39 is 5.60 Å². The first-order valence-electron chi connectivity index (χ1n) is 4.97. The van der Waals surface area contributed by atoms with Crippen molar-refractivity contribution in [2.24, 2.45) is 0 Å². The molecular weight excluding hydrogens is 192 g/mol. The van der Waals surface area contributed by atoms with Gasteiger partial charge < -0.3 is 15.2 Å². The van der Waals surface area contributed by atoms with Gasteiger partial charge in [0.25, 0.3) is 0 Å². The van der Waals surface area contributed by atoms with E-state index in [2.05, 4.69) is 10.3 Å². The molecule has 1 aromatic heterocycles. The molecule has 4 heteroatoms. The molecule has 84 valence electrons. The number of hydrogen-bond acceptors (Lipinski definition) is 4. The minimum absolute atomic E-state index is 0.600. The van der Waals surface area contributed by atoms with Gasteiger partial charge in [0.05, 0.1) is 24.6 Å². The van der Waals surface area contributed by atoms with E-state index in [1.54, 1.807) is 33.2 Å². The zero-order valence-electron chi connectivity index (χ0n) is 9.45. The van der Waals surface area contributed by atoms with Crippen LogP contribution >= 0.6 is 0 Å². The van der Waals surface area contributed by atoms with E-state index in [9.17, 15) is 5.11 Å². The van der Waals surface area contributed by atoms with E-state index in [4.69, 9.17) is 4.74 Å². The van der Waals surface area contributed by atoms with Crippen LogP contribution in [-0.4, -0.2) is 29.3 Å². The molecule has 0 unspecified atom stereocenters. The summed E-state index contributed by atoms with van der Waals surface area (Å²) in [5.41, 5.74) is 0.299. The third-order valence-electron chi connectivity index (χ3n) is 2.01. The van der Waals surface area contributed by atoms with Crippen LogP contribution in [0.1, 0.15) is 20.3 Å². The fourth-order valence-electron chi connectivity index (χ4n) is 1.12. The van der Waals surface area contributed by atoms with E-state index in [1.807, 2.05) is 6.07 Å². The predicted octanol–water partition coefficient (Wildman–Crippen LogP) is 1.66. The lowest BCUT2D eigenvalue weighted by Gasteiger charge is -2.17. The third-order valence-corrected chi connectivity index (χ3v) is 2.01. The fourth-order valence-corrected chi connectivity index (χ4v) is 1.12. The number of ether oxygens (including phenoxy) is 1. The van der Waals surface area contributed by atoms with Gasteiger partial charge in [0.15, 0.2) is 0 Å². The van der Waals surface area contributed by atoms with Gasteiger partial charge in [-0.05, 0) is 26.3 Å². The van der Waals surface area contributed by atoms with Crippen molar-refractivity contribution in [1.29, 1.82) is 0 Å². The highest BCUT2D eigenvalue weighted by atomic mass is 16.5. The molecular formula is C11H18N2O2. The van der Waals surface area contributed by atoms with Crippen molar-refractivity contribution in [3.05, 3.63) is 18.3 Å². The van der Waals surface area contributed by atoms with Crippen LogP contribution in [0.2, 0.25) is 0 Å². The first-order chi connectivity index (χ1) is 7.01. The number of hydrogen-bond donors (Lipinski definition) is 2. The monoisotopic (exact) mass is 210 g/mol. The number of rotatable bonds is 5. The number of aliphatic hydroxyl groups is 1. The lowest BCUT2D eigenvalue weighted by atomic mass is 10.1. The minimum atomic E-state index is -0.632. The Kier molecular flexibility index (Phi) is 3.91. The highest BCUT2D eigenvalue weighted by molar-refractivity contribution is 5.41. The Bertz CT molecular complexity index is 290. The molecule has 0 radical (unpaired) electrons. The van der Waals surface area contributed by atoms with Crippen molar-refractivity contribution in [2.75, 3.05) is 19.0 Å². The molecule has 0 aliphatic heterocycles. The lowest BCUT2D eigenvalue weighted by Crippen LogP contribution is -2.22. The Balaban J connectivity index is 2.38. The van der Waals surface area contributed by atoms with Crippen LogP contribution < -0.4 is 10.1 Å². The normalized spacial score (nSPS) is 11.2. The van der Waals surface area contributed by atoms with Crippen LogP contribution in [0.4, 0.5) is 5.69 Å². The number of pyridine rings is 1. The van der Waals surface area contributed by atoms with Gasteiger partial charge >= 0.3 is 0 Å². The number of nitrogens with one attached hydrogen (secondary N) is 1. The quantitative estimate of drug-likeness (QED) is 0.776. The molecule has 0 amide bonds. The van der Waals surface area contributed by atoms with Crippen LogP contribution in [0.25, 0.3) is 0 Å². The van der Waals surface area contributed by atoms with Crippen molar-refractivity contribution in [2.45, 2.75) is 25.9 Å². The Morgan fingerprint density at radius 3 is 2.67 bits per heavy atom. The standard InChI is InChI=1S/C11H18N2O2/c1-11(2,14)6-7-12-9-4-5-10(15-3)13-8-9/h4-5,8,12,14H,6-7H2,1-3H3. The van der Waals surface area contributed by atoms with Crippen molar-refractivity contribution in [3.63, 3.8) is 0 Å². The molecule has 0 saturated heterocycles. The van der Waals surface area contributed by atoms with Gasteiger partial charge in [-0.2, -0.15) is 0 Å². The zero-order valence-corrected chi connectivity index (χ0v) is 9.45. The van der Waals surface area contributed by atoms with Gasteiger partial charge in [0.2, 0.25) is 5.88 Å². The molecule has 1 aromatic rings. The van der Waals surface area contributed by atoms with E-state index in [1.165, 1.54) is 0 Å². The van der Waals surface area contributed by atoms with E-state index >= 15 is 0 Å². The minimum Gasteiger partial charge on any atom is -0.481 e. The largest absolute Gasteiger partial charge is 0.481 e. The van der Waals surface area contributed by atoms with Crippen molar-refractivity contribution >= 4 is 5.69 Å². The molecule has 0 atom stereocenters. The first kappa shape index (κ1) is 11.8. The molecule has 1 rings (SSSR count). The maximum atomic E-state index is 9.50. The number of anilines is 1. The molecule has 0 aliphatic carbocycles. The van der Waals surface area contributed by atoms with Crippen LogP contribution in [0.15, 0.2) is 18.3 Å². The molecule has 1 heterocycles. The van der Waals surface area contributed by atoms with Gasteiger partial charge in [-0.25, -0.2) is 4.98 Å². The summed E-state index contributed by atoms with van der Waals surface area (Å²) in [5, 5.41) is 12.7. The second-order valence-electron chi connectivity index (χ2n) is 4.08. The molecule has 0 spiro atoms. The molecule has 0 aromatic carbocycles. The summed E-state index contributed by atoms with van der Waals surface area (Å²) >= 11 is 0. The highest BCUT2D eigenvalue weighted by Crippen LogP contribution is 2.12. The zero-order chi connectivity index (χ0) is 11.3. The van der Waals surface area contributed by atoms with Gasteiger partial charge in [-0.15, -0.1) is 0 Å². The second kappa shape index (κ2) is 4.98. The van der Waals surface area contributed by atoms with Crippen molar-refractivity contribution < 1.29 is 9.84 Å². The maximum absolute atomic E-state index is 9.50. The van der Waals surface area contributed by atoms with E-state index in [0.29, 0.717) is 12.3 Å². The number of nitrogens with zero attached hydrogens (tertiary/aromatic N) is 1. The Morgan fingerprint density at radius 2 is 2.20 bits per heavy atom. The lowest BCUT2D eigenvalue weighted by molar-refractivity contribution is 0.0749. The van der Waals surface area contributed by atoms with Gasteiger partial charge in [-0.3, -0.25) is 0 Å². The van der Waals surface area contributed by atoms with Crippen LogP contribution in [0.5, 0.6) is 5.88 Å². The molecule has 0 saturated carbocycles. The summed E-state index contributed by atoms with van der Waals surface area (Å²) in [6.07, 6.45) is 2.40. The SMILES string of the molecule is COc1ccc(NCCC(C)(C)O)cn1. The van der Waals surface area contributed by atoms with Crippen molar-refractivity contribution in [3.8, 4) is 5.88 Å². The average molecular weight is 210 g/mol. The second-order valence-corrected chi connectivity index (χ2v) is 4.08. The molecule has 0 bridgehead atoms. The maximum Gasteiger partial charge on any atom is 0.213 e. The first-order valence-corrected chi connectivity index (χ1v) is 4.97. The van der Waals surface area contributed by atoms with E-state index in [0.717, 1.165) is 12.2 Å². The molecule has 2 N–H and O–H groups in total. The summed E-state index contributed by atoms with van der Waals surface area (Å²) in [6, 6.07) is 3.70. The summed E-state index contributed by atoms with van der Waals surface area (Å²) in [7, 11) is 1.59. The average Bonchev–Trinajstić information content (AvgIpc) is 2.17. The van der Waals surface area contributed by atoms with E-state index in [-0.39, 0.29) is 0 Å². The Hall–Kier alpha value is -1.29. The van der Waals surface area contributed by atoms with Crippen LogP contribution in [0, 0.1) is 0 Å². The van der Waals surface area contributed by atoms with Gasteiger partial charge in [0, 0.05) is 12.6 Å². The summed E-state index contributed by atoms with van der Waals surface area (Å²) in [6.45, 7) is 4.30. The molecule has 0 aliphatic rings. The molecule has 0 fully saturated rings. The number of methoxy groups -OCH3 is 1. The van der Waals surface area contributed by atoms with Gasteiger partial charge in [-0.1, -0.05) is 0 Å². The highest BCUT2D eigenvalue weighted by Gasteiger charge is 2.10. The fraction of sp³-hybridized carbons (Fsp3) is 0.545. The summed E-state index contributed by atoms with van der Waals surface area (Å²) in [4.78, 5) is 4.07. The summed E-state index contributed by atoms with van der Waals surface area (Å²) in [5.74, 6) is 0.600. The summed E-state index contributed by atoms with van der Waals surface area (Å²) < 4.78 is 4.95. The molecule has 4 nitrogen and oxygen atoms in total. The Morgan fingerprint density at radius 1 is 1.47 bits per heavy atom. The van der Waals surface area contributed by atoms with Gasteiger partial charge in [0.1, 0.15) is 0 Å².